The molecule has 0 fully saturated rings. The molecule has 0 N–H and O–H groups in total. The van der Waals surface area contributed by atoms with Gasteiger partial charge >= 0.3 is 11.9 Å². The number of aromatic nitrogens is 3. The average molecular weight is 428 g/mol. The van der Waals surface area contributed by atoms with Gasteiger partial charge in [-0.15, -0.1) is 5.10 Å². The Morgan fingerprint density at radius 3 is 2.48 bits per heavy atom. The highest BCUT2D eigenvalue weighted by atomic mass is 19.4. The first-order chi connectivity index (χ1) is 14.8. The molecule has 0 saturated carbocycles. The molecule has 1 heterocycles. The molecule has 0 radical (unpaired) electrons. The van der Waals surface area contributed by atoms with Crippen LogP contribution in [0.3, 0.4) is 0 Å². The summed E-state index contributed by atoms with van der Waals surface area (Å²) < 4.78 is 47.0. The second kappa shape index (κ2) is 7.43. The van der Waals surface area contributed by atoms with Crippen LogP contribution in [-0.4, -0.2) is 21.5 Å². The molecule has 0 spiro atoms. The molecule has 158 valence electrons. The third-order valence-electron chi connectivity index (χ3n) is 5.29. The predicted octanol–water partition coefficient (Wildman–Crippen LogP) is 2.83. The number of fused-ring (bicyclic) bond motifs is 1. The van der Waals surface area contributed by atoms with Crippen LogP contribution in [0.15, 0.2) is 52.1 Å². The lowest BCUT2D eigenvalue weighted by Gasteiger charge is -2.17. The van der Waals surface area contributed by atoms with Crippen LogP contribution in [0.5, 0.6) is 5.75 Å². The minimum Gasteiger partial charge on any atom is -0.497 e. The zero-order valence-electron chi connectivity index (χ0n) is 16.2. The highest BCUT2D eigenvalue weighted by molar-refractivity contribution is 5.43. The first kappa shape index (κ1) is 20.4. The molecule has 0 bridgehead atoms. The van der Waals surface area contributed by atoms with Crippen LogP contribution in [0.1, 0.15) is 34.8 Å². The van der Waals surface area contributed by atoms with E-state index in [0.29, 0.717) is 5.75 Å². The van der Waals surface area contributed by atoms with Crippen molar-refractivity contribution in [3.63, 3.8) is 0 Å². The first-order valence-electron chi connectivity index (χ1n) is 9.25. The lowest BCUT2D eigenvalue weighted by molar-refractivity contribution is -0.138. The van der Waals surface area contributed by atoms with Gasteiger partial charge in [-0.1, -0.05) is 12.1 Å². The number of rotatable bonds is 3. The Bertz CT molecular complexity index is 1320. The van der Waals surface area contributed by atoms with Crippen molar-refractivity contribution in [2.45, 2.75) is 25.1 Å². The number of ether oxygens (including phenoxy) is 1. The molecule has 0 saturated heterocycles. The summed E-state index contributed by atoms with van der Waals surface area (Å²) in [4.78, 5) is 26.0. The second-order valence-corrected chi connectivity index (χ2v) is 6.95. The molecule has 1 aliphatic rings. The Labute approximate surface area is 173 Å². The number of methoxy groups -OCH3 is 1. The fraction of sp³-hybridized carbons (Fsp3) is 0.238. The molecule has 3 aromatic rings. The maximum atomic E-state index is 13.4. The fourth-order valence-electron chi connectivity index (χ4n) is 3.89. The van der Waals surface area contributed by atoms with Crippen LogP contribution < -0.4 is 16.0 Å². The van der Waals surface area contributed by atoms with Crippen molar-refractivity contribution in [3.8, 4) is 17.5 Å². The molecule has 0 amide bonds. The van der Waals surface area contributed by atoms with Gasteiger partial charge < -0.3 is 4.74 Å². The quantitative estimate of drug-likeness (QED) is 0.640. The summed E-state index contributed by atoms with van der Waals surface area (Å²) in [6.45, 7) is 0. The van der Waals surface area contributed by atoms with E-state index in [4.69, 9.17) is 4.74 Å². The van der Waals surface area contributed by atoms with Crippen LogP contribution in [0, 0.1) is 11.3 Å². The van der Waals surface area contributed by atoms with Crippen molar-refractivity contribution in [2.24, 2.45) is 0 Å². The van der Waals surface area contributed by atoms with Gasteiger partial charge in [-0.3, -0.25) is 4.79 Å². The monoisotopic (exact) mass is 428 g/mol. The number of hydrogen-bond acceptors (Lipinski definition) is 5. The van der Waals surface area contributed by atoms with Gasteiger partial charge in [0.05, 0.1) is 24.4 Å². The SMILES string of the molecule is COc1ccc(-n2nc(C#N)c(=O)n(C3CCc4c3cccc4C(F)(F)F)c2=O)cc1. The molecule has 0 aliphatic heterocycles. The summed E-state index contributed by atoms with van der Waals surface area (Å²) in [7, 11) is 1.47. The lowest BCUT2D eigenvalue weighted by Crippen LogP contribution is -2.44. The zero-order chi connectivity index (χ0) is 22.3. The minimum absolute atomic E-state index is 0.0499. The van der Waals surface area contributed by atoms with Crippen molar-refractivity contribution in [1.82, 2.24) is 14.3 Å². The van der Waals surface area contributed by atoms with Gasteiger partial charge in [0.2, 0.25) is 5.69 Å². The van der Waals surface area contributed by atoms with Crippen LogP contribution in [0.4, 0.5) is 13.2 Å². The number of benzene rings is 2. The second-order valence-electron chi connectivity index (χ2n) is 6.95. The Balaban J connectivity index is 1.93. The predicted molar refractivity (Wildman–Crippen MR) is 103 cm³/mol. The zero-order valence-corrected chi connectivity index (χ0v) is 16.2. The van der Waals surface area contributed by atoms with E-state index < -0.39 is 34.7 Å². The van der Waals surface area contributed by atoms with E-state index in [0.717, 1.165) is 15.3 Å². The molecular formula is C21H15F3N4O3. The summed E-state index contributed by atoms with van der Waals surface area (Å²) >= 11 is 0. The lowest BCUT2D eigenvalue weighted by atomic mass is 10.0. The molecule has 1 aliphatic carbocycles. The molecule has 1 atom stereocenters. The summed E-state index contributed by atoms with van der Waals surface area (Å²) in [5.41, 5.74) is -2.53. The number of halogens is 3. The normalized spacial score (nSPS) is 15.4. The van der Waals surface area contributed by atoms with Gasteiger partial charge in [-0.05, 0) is 54.3 Å². The minimum atomic E-state index is -4.55. The largest absolute Gasteiger partial charge is 0.497 e. The fourth-order valence-corrected chi connectivity index (χ4v) is 3.89. The van der Waals surface area contributed by atoms with E-state index in [1.54, 1.807) is 18.2 Å². The molecule has 10 heteroatoms. The Kier molecular flexibility index (Phi) is 4.89. The van der Waals surface area contributed by atoms with Crippen molar-refractivity contribution < 1.29 is 17.9 Å². The Hall–Kier alpha value is -3.87. The summed E-state index contributed by atoms with van der Waals surface area (Å²) in [5.74, 6) is 0.523. The van der Waals surface area contributed by atoms with Gasteiger partial charge in [0.1, 0.15) is 11.8 Å². The number of hydrogen-bond donors (Lipinski definition) is 0. The third kappa shape index (κ3) is 3.38. The molecule has 2 aromatic carbocycles. The summed E-state index contributed by atoms with van der Waals surface area (Å²) in [5, 5.41) is 13.2. The smallest absolute Gasteiger partial charge is 0.416 e. The average Bonchev–Trinajstić information content (AvgIpc) is 3.17. The van der Waals surface area contributed by atoms with E-state index >= 15 is 0 Å². The molecule has 1 unspecified atom stereocenters. The van der Waals surface area contributed by atoms with Crippen molar-refractivity contribution in [1.29, 1.82) is 5.26 Å². The van der Waals surface area contributed by atoms with Crippen LogP contribution in [-0.2, 0) is 12.6 Å². The van der Waals surface area contributed by atoms with Gasteiger partial charge in [-0.25, -0.2) is 9.36 Å². The highest BCUT2D eigenvalue weighted by Crippen LogP contribution is 2.41. The highest BCUT2D eigenvalue weighted by Gasteiger charge is 2.38. The van der Waals surface area contributed by atoms with Gasteiger partial charge in [0.25, 0.3) is 5.56 Å². The topological polar surface area (TPSA) is 89.9 Å². The number of nitrogens with zero attached hydrogens (tertiary/aromatic N) is 4. The Morgan fingerprint density at radius 2 is 1.87 bits per heavy atom. The third-order valence-corrected chi connectivity index (χ3v) is 5.29. The summed E-state index contributed by atoms with van der Waals surface area (Å²) in [6, 6.07) is 10.6. The van der Waals surface area contributed by atoms with E-state index in [-0.39, 0.29) is 29.7 Å². The molecular weight excluding hydrogens is 413 g/mol. The van der Waals surface area contributed by atoms with E-state index in [9.17, 15) is 28.0 Å². The van der Waals surface area contributed by atoms with Crippen molar-refractivity contribution >= 4 is 0 Å². The van der Waals surface area contributed by atoms with E-state index in [1.807, 2.05) is 0 Å². The molecule has 4 rings (SSSR count). The van der Waals surface area contributed by atoms with Crippen LogP contribution in [0.2, 0.25) is 0 Å². The summed E-state index contributed by atoms with van der Waals surface area (Å²) in [6.07, 6.45) is -4.38. The number of alkyl halides is 3. The Morgan fingerprint density at radius 1 is 1.16 bits per heavy atom. The molecule has 31 heavy (non-hydrogen) atoms. The van der Waals surface area contributed by atoms with Gasteiger partial charge in [0.15, 0.2) is 0 Å². The van der Waals surface area contributed by atoms with Crippen LogP contribution in [0.25, 0.3) is 5.69 Å². The van der Waals surface area contributed by atoms with E-state index in [2.05, 4.69) is 5.10 Å². The maximum Gasteiger partial charge on any atom is 0.416 e. The van der Waals surface area contributed by atoms with Crippen molar-refractivity contribution in [3.05, 3.63) is 85.7 Å². The van der Waals surface area contributed by atoms with E-state index in [1.165, 1.54) is 31.4 Å². The van der Waals surface area contributed by atoms with Crippen molar-refractivity contribution in [2.75, 3.05) is 7.11 Å². The number of nitriles is 1. The van der Waals surface area contributed by atoms with Crippen LogP contribution >= 0.6 is 0 Å². The van der Waals surface area contributed by atoms with Gasteiger partial charge in [0, 0.05) is 0 Å². The maximum absolute atomic E-state index is 13.4. The molecule has 1 aromatic heterocycles. The standard InChI is InChI=1S/C21H15F3N4O3/c1-31-13-7-5-12(6-8-13)28-20(30)27(19(29)17(11-25)26-28)18-10-9-14-15(18)3-2-4-16(14)21(22,23)24/h2-8,18H,9-10H2,1H3. The first-order valence-corrected chi connectivity index (χ1v) is 9.25. The van der Waals surface area contributed by atoms with Gasteiger partial charge in [-0.2, -0.15) is 23.1 Å². The molecule has 7 nitrogen and oxygen atoms in total.